The van der Waals surface area contributed by atoms with Crippen LogP contribution in [0.1, 0.15) is 0 Å². The molecule has 3 rings (SSSR count). The fraction of sp³-hybridized carbons (Fsp3) is 0.0625. The molecule has 0 aliphatic rings. The average molecular weight is 285 g/mol. The van der Waals surface area contributed by atoms with Gasteiger partial charge in [-0.3, -0.25) is 0 Å². The predicted octanol–water partition coefficient (Wildman–Crippen LogP) is 4.41. The van der Waals surface area contributed by atoms with Gasteiger partial charge in [-0.2, -0.15) is 0 Å². The predicted molar refractivity (Wildman–Crippen MR) is 81.0 cm³/mol. The summed E-state index contributed by atoms with van der Waals surface area (Å²) in [6.07, 6.45) is 1.81. The number of nitrogens with one attached hydrogen (secondary N) is 1. The van der Waals surface area contributed by atoms with Crippen LogP contribution < -0.4 is 4.74 Å². The maximum Gasteiger partial charge on any atom is 0.137 e. The molecule has 0 saturated carbocycles. The quantitative estimate of drug-likeness (QED) is 0.774. The molecule has 2 aromatic carbocycles. The SMILES string of the molecule is COc1ccc(-c2ncc(-c3cccc(Cl)c3)[nH]2)cc1. The second kappa shape index (κ2) is 5.39. The fourth-order valence-electron chi connectivity index (χ4n) is 2.02. The lowest BCUT2D eigenvalue weighted by Gasteiger charge is -2.01. The van der Waals surface area contributed by atoms with Crippen LogP contribution >= 0.6 is 11.6 Å². The first-order valence-corrected chi connectivity index (χ1v) is 6.59. The van der Waals surface area contributed by atoms with Gasteiger partial charge >= 0.3 is 0 Å². The van der Waals surface area contributed by atoms with E-state index in [0.29, 0.717) is 5.02 Å². The molecule has 0 saturated heterocycles. The summed E-state index contributed by atoms with van der Waals surface area (Å²) in [6.45, 7) is 0. The zero-order valence-corrected chi connectivity index (χ0v) is 11.7. The van der Waals surface area contributed by atoms with Crippen LogP contribution in [-0.2, 0) is 0 Å². The summed E-state index contributed by atoms with van der Waals surface area (Å²) in [6, 6.07) is 15.5. The molecule has 100 valence electrons. The van der Waals surface area contributed by atoms with Crippen LogP contribution in [0.4, 0.5) is 0 Å². The Morgan fingerprint density at radius 3 is 2.55 bits per heavy atom. The van der Waals surface area contributed by atoms with Crippen molar-refractivity contribution in [2.75, 3.05) is 7.11 Å². The zero-order chi connectivity index (χ0) is 13.9. The molecule has 0 radical (unpaired) electrons. The number of methoxy groups -OCH3 is 1. The molecule has 0 aliphatic carbocycles. The van der Waals surface area contributed by atoms with E-state index >= 15 is 0 Å². The van der Waals surface area contributed by atoms with Crippen LogP contribution in [0.5, 0.6) is 5.75 Å². The molecule has 0 spiro atoms. The molecule has 0 fully saturated rings. The highest BCUT2D eigenvalue weighted by Gasteiger charge is 2.06. The molecule has 1 N–H and O–H groups in total. The molecular formula is C16H13ClN2O. The molecule has 20 heavy (non-hydrogen) atoms. The van der Waals surface area contributed by atoms with Crippen LogP contribution in [0.3, 0.4) is 0 Å². The Morgan fingerprint density at radius 1 is 1.05 bits per heavy atom. The number of aromatic nitrogens is 2. The molecule has 0 atom stereocenters. The molecule has 1 heterocycles. The van der Waals surface area contributed by atoms with Crippen molar-refractivity contribution in [2.45, 2.75) is 0 Å². The minimum absolute atomic E-state index is 0.711. The van der Waals surface area contributed by atoms with Crippen LogP contribution in [0, 0.1) is 0 Å². The molecule has 0 amide bonds. The van der Waals surface area contributed by atoms with E-state index < -0.39 is 0 Å². The smallest absolute Gasteiger partial charge is 0.137 e. The first-order valence-electron chi connectivity index (χ1n) is 6.21. The lowest BCUT2D eigenvalue weighted by molar-refractivity contribution is 0.415. The second-order valence-electron chi connectivity index (χ2n) is 4.38. The summed E-state index contributed by atoms with van der Waals surface area (Å²) in [5.74, 6) is 1.65. The Hall–Kier alpha value is -2.26. The summed E-state index contributed by atoms with van der Waals surface area (Å²) >= 11 is 6.00. The van der Waals surface area contributed by atoms with Crippen molar-refractivity contribution in [1.29, 1.82) is 0 Å². The van der Waals surface area contributed by atoms with E-state index in [1.807, 2.05) is 54.7 Å². The number of hydrogen-bond donors (Lipinski definition) is 1. The van der Waals surface area contributed by atoms with Gasteiger partial charge in [-0.25, -0.2) is 4.98 Å². The van der Waals surface area contributed by atoms with Gasteiger partial charge in [-0.05, 0) is 36.4 Å². The van der Waals surface area contributed by atoms with Gasteiger partial charge in [0.2, 0.25) is 0 Å². The van der Waals surface area contributed by atoms with Crippen LogP contribution in [0.2, 0.25) is 5.02 Å². The minimum Gasteiger partial charge on any atom is -0.497 e. The van der Waals surface area contributed by atoms with E-state index in [2.05, 4.69) is 9.97 Å². The average Bonchev–Trinajstić information content (AvgIpc) is 2.97. The summed E-state index contributed by atoms with van der Waals surface area (Å²) in [5.41, 5.74) is 2.97. The molecule has 0 bridgehead atoms. The van der Waals surface area contributed by atoms with Crippen molar-refractivity contribution < 1.29 is 4.74 Å². The number of imidazole rings is 1. The van der Waals surface area contributed by atoms with E-state index in [9.17, 15) is 0 Å². The molecular weight excluding hydrogens is 272 g/mol. The van der Waals surface area contributed by atoms with Crippen molar-refractivity contribution in [1.82, 2.24) is 9.97 Å². The Morgan fingerprint density at radius 2 is 1.85 bits per heavy atom. The highest BCUT2D eigenvalue weighted by Crippen LogP contribution is 2.25. The Labute approximate surface area is 122 Å². The number of nitrogens with zero attached hydrogens (tertiary/aromatic N) is 1. The number of aromatic amines is 1. The lowest BCUT2D eigenvalue weighted by atomic mass is 10.2. The van der Waals surface area contributed by atoms with E-state index in [0.717, 1.165) is 28.4 Å². The third kappa shape index (κ3) is 2.53. The van der Waals surface area contributed by atoms with E-state index in [4.69, 9.17) is 16.3 Å². The number of halogens is 1. The minimum atomic E-state index is 0.711. The summed E-state index contributed by atoms with van der Waals surface area (Å²) in [4.78, 5) is 7.71. The molecule has 3 nitrogen and oxygen atoms in total. The molecule has 3 aromatic rings. The van der Waals surface area contributed by atoms with E-state index in [-0.39, 0.29) is 0 Å². The van der Waals surface area contributed by atoms with Gasteiger partial charge in [0.25, 0.3) is 0 Å². The van der Waals surface area contributed by atoms with Crippen molar-refractivity contribution in [3.63, 3.8) is 0 Å². The summed E-state index contributed by atoms with van der Waals surface area (Å²) in [7, 11) is 1.65. The van der Waals surface area contributed by atoms with Gasteiger partial charge in [-0.15, -0.1) is 0 Å². The van der Waals surface area contributed by atoms with E-state index in [1.165, 1.54) is 0 Å². The topological polar surface area (TPSA) is 37.9 Å². The normalized spacial score (nSPS) is 10.5. The maximum absolute atomic E-state index is 6.00. The number of benzene rings is 2. The third-order valence-electron chi connectivity index (χ3n) is 3.07. The van der Waals surface area contributed by atoms with Gasteiger partial charge in [0.15, 0.2) is 0 Å². The number of ether oxygens (including phenoxy) is 1. The van der Waals surface area contributed by atoms with Crippen LogP contribution in [0.15, 0.2) is 54.7 Å². The second-order valence-corrected chi connectivity index (χ2v) is 4.82. The Balaban J connectivity index is 1.93. The third-order valence-corrected chi connectivity index (χ3v) is 3.31. The summed E-state index contributed by atoms with van der Waals surface area (Å²) < 4.78 is 5.15. The van der Waals surface area contributed by atoms with Crippen molar-refractivity contribution in [3.8, 4) is 28.4 Å². The molecule has 4 heteroatoms. The van der Waals surface area contributed by atoms with Gasteiger partial charge < -0.3 is 9.72 Å². The largest absolute Gasteiger partial charge is 0.497 e. The van der Waals surface area contributed by atoms with E-state index in [1.54, 1.807) is 7.11 Å². The van der Waals surface area contributed by atoms with Crippen LogP contribution in [0.25, 0.3) is 22.6 Å². The number of rotatable bonds is 3. The standard InChI is InChI=1S/C16H13ClN2O/c1-20-14-7-5-11(6-8-14)16-18-10-15(19-16)12-3-2-4-13(17)9-12/h2-10H,1H3,(H,18,19). The van der Waals surface area contributed by atoms with Gasteiger partial charge in [0, 0.05) is 16.1 Å². The monoisotopic (exact) mass is 284 g/mol. The lowest BCUT2D eigenvalue weighted by Crippen LogP contribution is -1.84. The van der Waals surface area contributed by atoms with Gasteiger partial charge in [0.05, 0.1) is 19.0 Å². The first kappa shape index (κ1) is 12.8. The Bertz CT molecular complexity index is 719. The number of H-pyrrole nitrogens is 1. The first-order chi connectivity index (χ1) is 9.76. The number of hydrogen-bond acceptors (Lipinski definition) is 2. The van der Waals surface area contributed by atoms with Crippen LogP contribution in [-0.4, -0.2) is 17.1 Å². The summed E-state index contributed by atoms with van der Waals surface area (Å²) in [5, 5.41) is 0.711. The highest BCUT2D eigenvalue weighted by molar-refractivity contribution is 6.30. The van der Waals surface area contributed by atoms with Gasteiger partial charge in [0.1, 0.15) is 11.6 Å². The Kier molecular flexibility index (Phi) is 3.44. The zero-order valence-electron chi connectivity index (χ0n) is 10.9. The molecule has 0 aliphatic heterocycles. The molecule has 1 aromatic heterocycles. The maximum atomic E-state index is 6.00. The molecule has 0 unspecified atom stereocenters. The van der Waals surface area contributed by atoms with Crippen molar-refractivity contribution >= 4 is 11.6 Å². The van der Waals surface area contributed by atoms with Crippen molar-refractivity contribution in [3.05, 3.63) is 59.8 Å². The van der Waals surface area contributed by atoms with Gasteiger partial charge in [-0.1, -0.05) is 23.7 Å². The highest BCUT2D eigenvalue weighted by atomic mass is 35.5. The fourth-order valence-corrected chi connectivity index (χ4v) is 2.21. The van der Waals surface area contributed by atoms with Crippen molar-refractivity contribution in [2.24, 2.45) is 0 Å².